The van der Waals surface area contributed by atoms with Gasteiger partial charge in [-0.05, 0) is 13.0 Å². The van der Waals surface area contributed by atoms with Crippen LogP contribution in [-0.2, 0) is 0 Å². The second kappa shape index (κ2) is 8.08. The number of nitrogens with zero attached hydrogens (tertiary/aromatic N) is 3. The lowest BCUT2D eigenvalue weighted by Crippen LogP contribution is -2.04. The highest BCUT2D eigenvalue weighted by atomic mass is 15.2. The summed E-state index contributed by atoms with van der Waals surface area (Å²) in [5.41, 5.74) is 0.625. The standard InChI is InChI=1S/C9H17N5/c1-10-6-5-9(7-14(3)4)13-12-8-11-2/h7,10-11H,8H2,1-4H3/b9-7-,13-12?. The molecule has 0 heterocycles. The first kappa shape index (κ1) is 12.5. The minimum Gasteiger partial charge on any atom is -0.381 e. The highest BCUT2D eigenvalue weighted by molar-refractivity contribution is 5.25. The number of hydrogen-bond donors (Lipinski definition) is 2. The fraction of sp³-hybridized carbons (Fsp3) is 0.556. The van der Waals surface area contributed by atoms with Gasteiger partial charge < -0.3 is 10.2 Å². The Bertz CT molecular complexity index is 256. The summed E-state index contributed by atoms with van der Waals surface area (Å²) in [6.07, 6.45) is 1.81. The van der Waals surface area contributed by atoms with E-state index in [1.165, 1.54) is 0 Å². The topological polar surface area (TPSA) is 52.0 Å². The van der Waals surface area contributed by atoms with Crippen LogP contribution in [0.1, 0.15) is 0 Å². The fourth-order valence-electron chi connectivity index (χ4n) is 0.636. The lowest BCUT2D eigenvalue weighted by Gasteiger charge is -2.03. The van der Waals surface area contributed by atoms with Crippen LogP contribution in [0.25, 0.3) is 0 Å². The van der Waals surface area contributed by atoms with Crippen molar-refractivity contribution >= 4 is 0 Å². The van der Waals surface area contributed by atoms with Crippen LogP contribution < -0.4 is 10.6 Å². The van der Waals surface area contributed by atoms with Gasteiger partial charge in [0.1, 0.15) is 6.67 Å². The van der Waals surface area contributed by atoms with Crippen molar-refractivity contribution in [3.8, 4) is 12.0 Å². The van der Waals surface area contributed by atoms with Crippen LogP contribution in [0.2, 0.25) is 0 Å². The molecule has 2 N–H and O–H groups in total. The normalized spacial score (nSPS) is 11.0. The summed E-state index contributed by atoms with van der Waals surface area (Å²) in [7, 11) is 7.39. The molecule has 0 aliphatic heterocycles. The van der Waals surface area contributed by atoms with Gasteiger partial charge in [-0.1, -0.05) is 0 Å². The molecule has 0 aromatic rings. The molecular weight excluding hydrogens is 178 g/mol. The van der Waals surface area contributed by atoms with Crippen molar-refractivity contribution in [3.63, 3.8) is 0 Å². The lowest BCUT2D eigenvalue weighted by atomic mass is 10.5. The largest absolute Gasteiger partial charge is 0.381 e. The average Bonchev–Trinajstić information content (AvgIpc) is 2.13. The Labute approximate surface area is 85.3 Å². The minimum absolute atomic E-state index is 0.492. The molecule has 0 aromatic heterocycles. The fourth-order valence-corrected chi connectivity index (χ4v) is 0.636. The molecule has 14 heavy (non-hydrogen) atoms. The third-order valence-electron chi connectivity index (χ3n) is 1.10. The molecular formula is C9H17N5. The monoisotopic (exact) mass is 195 g/mol. The number of nitrogens with one attached hydrogen (secondary N) is 2. The number of allylic oxidation sites excluding steroid dienone is 1. The van der Waals surface area contributed by atoms with Crippen molar-refractivity contribution in [2.24, 2.45) is 10.2 Å². The first-order valence-electron chi connectivity index (χ1n) is 4.28. The summed E-state index contributed by atoms with van der Waals surface area (Å²) < 4.78 is 0. The zero-order chi connectivity index (χ0) is 10.8. The van der Waals surface area contributed by atoms with Gasteiger partial charge in [0.15, 0.2) is 5.70 Å². The molecule has 0 unspecified atom stereocenters. The third kappa shape index (κ3) is 7.13. The maximum Gasteiger partial charge on any atom is 0.153 e. The van der Waals surface area contributed by atoms with E-state index in [-0.39, 0.29) is 0 Å². The van der Waals surface area contributed by atoms with E-state index in [0.29, 0.717) is 12.4 Å². The van der Waals surface area contributed by atoms with E-state index in [4.69, 9.17) is 0 Å². The van der Waals surface area contributed by atoms with Gasteiger partial charge in [-0.25, -0.2) is 0 Å². The zero-order valence-corrected chi connectivity index (χ0v) is 9.13. The molecule has 0 aliphatic rings. The van der Waals surface area contributed by atoms with Gasteiger partial charge in [0.2, 0.25) is 0 Å². The second-order valence-electron chi connectivity index (χ2n) is 2.73. The molecule has 0 aromatic carbocycles. The summed E-state index contributed by atoms with van der Waals surface area (Å²) in [6, 6.07) is 2.71. The van der Waals surface area contributed by atoms with E-state index in [1.54, 1.807) is 7.05 Å². The summed E-state index contributed by atoms with van der Waals surface area (Å²) in [5.74, 6) is 2.83. The van der Waals surface area contributed by atoms with Crippen molar-refractivity contribution in [2.75, 3.05) is 34.9 Å². The number of hydrogen-bond acceptors (Lipinski definition) is 5. The van der Waals surface area contributed by atoms with Crippen molar-refractivity contribution in [1.29, 1.82) is 0 Å². The van der Waals surface area contributed by atoms with E-state index < -0.39 is 0 Å². The van der Waals surface area contributed by atoms with Gasteiger partial charge in [0.25, 0.3) is 0 Å². The molecule has 0 radical (unpaired) electrons. The number of rotatable bonds is 4. The Kier molecular flexibility index (Phi) is 7.19. The van der Waals surface area contributed by atoms with E-state index in [2.05, 4.69) is 32.8 Å². The summed E-state index contributed by atoms with van der Waals surface area (Å²) in [6.45, 7) is 0.492. The summed E-state index contributed by atoms with van der Waals surface area (Å²) >= 11 is 0. The average molecular weight is 195 g/mol. The lowest BCUT2D eigenvalue weighted by molar-refractivity contribution is 0.558. The van der Waals surface area contributed by atoms with Gasteiger partial charge >= 0.3 is 0 Å². The Morgan fingerprint density at radius 1 is 1.43 bits per heavy atom. The van der Waals surface area contributed by atoms with Crippen LogP contribution in [0.5, 0.6) is 0 Å². The molecule has 5 heteroatoms. The smallest absolute Gasteiger partial charge is 0.153 e. The molecule has 5 nitrogen and oxygen atoms in total. The molecule has 0 saturated heterocycles. The van der Waals surface area contributed by atoms with Crippen molar-refractivity contribution < 1.29 is 0 Å². The van der Waals surface area contributed by atoms with Crippen LogP contribution in [0.4, 0.5) is 0 Å². The highest BCUT2D eigenvalue weighted by Crippen LogP contribution is 1.96. The molecule has 0 atom stereocenters. The summed E-state index contributed by atoms with van der Waals surface area (Å²) in [4.78, 5) is 1.87. The van der Waals surface area contributed by atoms with Gasteiger partial charge in [-0.2, -0.15) is 5.11 Å². The first-order valence-corrected chi connectivity index (χ1v) is 4.28. The molecule has 0 aliphatic carbocycles. The Morgan fingerprint density at radius 2 is 2.14 bits per heavy atom. The van der Waals surface area contributed by atoms with E-state index >= 15 is 0 Å². The van der Waals surface area contributed by atoms with E-state index in [9.17, 15) is 0 Å². The molecule has 0 amide bonds. The van der Waals surface area contributed by atoms with Gasteiger partial charge in [-0.3, -0.25) is 5.32 Å². The van der Waals surface area contributed by atoms with Crippen LogP contribution in [0.3, 0.4) is 0 Å². The predicted molar refractivity (Wildman–Crippen MR) is 57.4 cm³/mol. The maximum absolute atomic E-state index is 3.96. The molecule has 0 fully saturated rings. The SMILES string of the molecule is CNC#C/C(=C/N(C)C)N=NCNC. The van der Waals surface area contributed by atoms with Crippen LogP contribution in [0, 0.1) is 12.0 Å². The van der Waals surface area contributed by atoms with E-state index in [1.807, 2.05) is 32.2 Å². The van der Waals surface area contributed by atoms with Gasteiger partial charge in [0, 0.05) is 33.4 Å². The van der Waals surface area contributed by atoms with E-state index in [0.717, 1.165) is 0 Å². The van der Waals surface area contributed by atoms with Crippen LogP contribution in [-0.4, -0.2) is 39.8 Å². The molecule has 0 bridgehead atoms. The Balaban J connectivity index is 4.40. The third-order valence-corrected chi connectivity index (χ3v) is 1.10. The van der Waals surface area contributed by atoms with Crippen molar-refractivity contribution in [3.05, 3.63) is 11.9 Å². The molecule has 0 rings (SSSR count). The first-order chi connectivity index (χ1) is 6.70. The van der Waals surface area contributed by atoms with Crippen LogP contribution >= 0.6 is 0 Å². The Hall–Kier alpha value is -1.54. The van der Waals surface area contributed by atoms with Gasteiger partial charge in [-0.15, -0.1) is 5.11 Å². The van der Waals surface area contributed by atoms with Gasteiger partial charge in [0.05, 0.1) is 0 Å². The number of azo groups is 1. The zero-order valence-electron chi connectivity index (χ0n) is 9.13. The van der Waals surface area contributed by atoms with Crippen molar-refractivity contribution in [2.45, 2.75) is 0 Å². The minimum atomic E-state index is 0.492. The summed E-state index contributed by atoms with van der Waals surface area (Å²) in [5, 5.41) is 13.4. The quantitative estimate of drug-likeness (QED) is 0.383. The molecule has 0 saturated carbocycles. The predicted octanol–water partition coefficient (Wildman–Crippen LogP) is 0.199. The van der Waals surface area contributed by atoms with Crippen LogP contribution in [0.15, 0.2) is 22.1 Å². The molecule has 0 spiro atoms. The van der Waals surface area contributed by atoms with Crippen molar-refractivity contribution in [1.82, 2.24) is 15.5 Å². The molecule has 78 valence electrons. The Morgan fingerprint density at radius 3 is 2.64 bits per heavy atom. The maximum atomic E-state index is 3.96. The highest BCUT2D eigenvalue weighted by Gasteiger charge is 1.89. The second-order valence-corrected chi connectivity index (χ2v) is 2.73.